The lowest BCUT2D eigenvalue weighted by molar-refractivity contribution is -0.143. The molecule has 7 nitrogen and oxygen atoms in total. The second-order valence-electron chi connectivity index (χ2n) is 9.36. The number of rotatable bonds is 7. The van der Waals surface area contributed by atoms with Gasteiger partial charge in [-0.25, -0.2) is 0 Å². The Bertz CT molecular complexity index is 1130. The van der Waals surface area contributed by atoms with E-state index in [-0.39, 0.29) is 12.0 Å². The minimum Gasteiger partial charge on any atom is -0.491 e. The standard InChI is InChI=1S/C29H33N3O4/c1-34-28(23-6-3-2-4-7-23)29(33)32-16-17-35-27-10-9-22(18-24(27)21-32)20-31-14-11-25(12-15-31)36-26-8-5-13-30-19-26/h2-10,13,18-19,25,28H,11-12,14-17,20-21H2,1H3. The topological polar surface area (TPSA) is 64.1 Å². The zero-order chi connectivity index (χ0) is 24.7. The van der Waals surface area contributed by atoms with Gasteiger partial charge in [0, 0.05) is 45.0 Å². The molecule has 2 aliphatic rings. The van der Waals surface area contributed by atoms with E-state index in [1.54, 1.807) is 19.5 Å². The van der Waals surface area contributed by atoms with Gasteiger partial charge in [-0.1, -0.05) is 36.4 Å². The normalized spacial score (nSPS) is 17.5. The van der Waals surface area contributed by atoms with Crippen molar-refractivity contribution < 1.29 is 19.0 Å². The maximum atomic E-state index is 13.4. The molecule has 3 heterocycles. The van der Waals surface area contributed by atoms with Crippen LogP contribution in [-0.2, 0) is 22.6 Å². The Morgan fingerprint density at radius 1 is 1.08 bits per heavy atom. The van der Waals surface area contributed by atoms with Gasteiger partial charge in [0.25, 0.3) is 5.91 Å². The zero-order valence-electron chi connectivity index (χ0n) is 20.7. The highest BCUT2D eigenvalue weighted by Crippen LogP contribution is 2.28. The molecule has 0 aliphatic carbocycles. The van der Waals surface area contributed by atoms with Crippen molar-refractivity contribution in [2.75, 3.05) is 33.4 Å². The minimum absolute atomic E-state index is 0.0405. The van der Waals surface area contributed by atoms with Crippen LogP contribution in [0.3, 0.4) is 0 Å². The first-order valence-corrected chi connectivity index (χ1v) is 12.6. The summed E-state index contributed by atoms with van der Waals surface area (Å²) in [5.74, 6) is 1.65. The van der Waals surface area contributed by atoms with Gasteiger partial charge in [0.1, 0.15) is 24.2 Å². The molecule has 5 rings (SSSR count). The number of hydrogen-bond donors (Lipinski definition) is 0. The molecule has 0 N–H and O–H groups in total. The van der Waals surface area contributed by atoms with Crippen LogP contribution in [0.4, 0.5) is 0 Å². The number of piperidine rings is 1. The summed E-state index contributed by atoms with van der Waals surface area (Å²) in [6, 6.07) is 19.9. The minimum atomic E-state index is -0.619. The summed E-state index contributed by atoms with van der Waals surface area (Å²) in [6.45, 7) is 4.33. The van der Waals surface area contributed by atoms with Gasteiger partial charge in [-0.05, 0) is 48.2 Å². The van der Waals surface area contributed by atoms with Crippen molar-refractivity contribution in [3.8, 4) is 11.5 Å². The molecule has 3 aromatic rings. The number of benzene rings is 2. The van der Waals surface area contributed by atoms with Crippen LogP contribution in [0.2, 0.25) is 0 Å². The Kier molecular flexibility index (Phi) is 7.79. The molecule has 1 atom stereocenters. The van der Waals surface area contributed by atoms with Gasteiger partial charge in [0.05, 0.1) is 12.7 Å². The molecule has 1 saturated heterocycles. The first kappa shape index (κ1) is 24.3. The van der Waals surface area contributed by atoms with E-state index in [1.807, 2.05) is 53.4 Å². The summed E-state index contributed by atoms with van der Waals surface area (Å²) in [7, 11) is 1.58. The lowest BCUT2D eigenvalue weighted by atomic mass is 10.0. The van der Waals surface area contributed by atoms with E-state index in [2.05, 4.69) is 22.0 Å². The molecule has 0 radical (unpaired) electrons. The number of methoxy groups -OCH3 is 1. The largest absolute Gasteiger partial charge is 0.491 e. The van der Waals surface area contributed by atoms with Gasteiger partial charge in [0.2, 0.25) is 0 Å². The van der Waals surface area contributed by atoms with Crippen LogP contribution in [0, 0.1) is 0 Å². The van der Waals surface area contributed by atoms with E-state index < -0.39 is 6.10 Å². The fraction of sp³-hybridized carbons (Fsp3) is 0.379. The molecule has 36 heavy (non-hydrogen) atoms. The highest BCUT2D eigenvalue weighted by Gasteiger charge is 2.28. The van der Waals surface area contributed by atoms with E-state index >= 15 is 0 Å². The Labute approximate surface area is 212 Å². The van der Waals surface area contributed by atoms with Crippen LogP contribution >= 0.6 is 0 Å². The number of fused-ring (bicyclic) bond motifs is 1. The number of aromatic nitrogens is 1. The van der Waals surface area contributed by atoms with Crippen molar-refractivity contribution in [2.24, 2.45) is 0 Å². The van der Waals surface area contributed by atoms with Gasteiger partial charge in [-0.15, -0.1) is 0 Å². The van der Waals surface area contributed by atoms with Crippen LogP contribution < -0.4 is 9.47 Å². The molecule has 0 saturated carbocycles. The third-order valence-electron chi connectivity index (χ3n) is 6.86. The van der Waals surface area contributed by atoms with Gasteiger partial charge in [0.15, 0.2) is 6.10 Å². The molecule has 2 aliphatic heterocycles. The average molecular weight is 488 g/mol. The summed E-state index contributed by atoms with van der Waals surface area (Å²) in [5, 5.41) is 0. The SMILES string of the molecule is COC(C(=O)N1CCOc2ccc(CN3CCC(Oc4cccnc4)CC3)cc2C1)c1ccccc1. The summed E-state index contributed by atoms with van der Waals surface area (Å²) >= 11 is 0. The van der Waals surface area contributed by atoms with E-state index in [0.29, 0.717) is 19.7 Å². The van der Waals surface area contributed by atoms with Crippen molar-refractivity contribution in [3.63, 3.8) is 0 Å². The highest BCUT2D eigenvalue weighted by atomic mass is 16.5. The monoisotopic (exact) mass is 487 g/mol. The number of ether oxygens (including phenoxy) is 3. The number of carbonyl (C=O) groups excluding carboxylic acids is 1. The second-order valence-corrected chi connectivity index (χ2v) is 9.36. The van der Waals surface area contributed by atoms with Gasteiger partial charge < -0.3 is 19.1 Å². The van der Waals surface area contributed by atoms with Crippen molar-refractivity contribution in [2.45, 2.75) is 38.1 Å². The first-order chi connectivity index (χ1) is 17.7. The van der Waals surface area contributed by atoms with Crippen LogP contribution in [0.1, 0.15) is 35.6 Å². The lowest BCUT2D eigenvalue weighted by Crippen LogP contribution is -2.38. The van der Waals surface area contributed by atoms with Crippen molar-refractivity contribution in [3.05, 3.63) is 89.7 Å². The molecule has 0 spiro atoms. The number of pyridine rings is 1. The maximum Gasteiger partial charge on any atom is 0.256 e. The molecule has 1 unspecified atom stereocenters. The quantitative estimate of drug-likeness (QED) is 0.497. The average Bonchev–Trinajstić information content (AvgIpc) is 3.14. The Balaban J connectivity index is 1.21. The Morgan fingerprint density at radius 2 is 1.92 bits per heavy atom. The second kappa shape index (κ2) is 11.5. The summed E-state index contributed by atoms with van der Waals surface area (Å²) in [4.78, 5) is 21.8. The fourth-order valence-electron chi connectivity index (χ4n) is 4.96. The zero-order valence-corrected chi connectivity index (χ0v) is 20.7. The third kappa shape index (κ3) is 5.86. The molecule has 0 bridgehead atoms. The first-order valence-electron chi connectivity index (χ1n) is 12.6. The molecular weight excluding hydrogens is 454 g/mol. The molecule has 1 aromatic heterocycles. The van der Waals surface area contributed by atoms with Gasteiger partial charge >= 0.3 is 0 Å². The summed E-state index contributed by atoms with van der Waals surface area (Å²) < 4.78 is 17.7. The van der Waals surface area contributed by atoms with Crippen LogP contribution in [0.15, 0.2) is 73.1 Å². The number of nitrogens with zero attached hydrogens (tertiary/aromatic N) is 3. The van der Waals surface area contributed by atoms with E-state index in [9.17, 15) is 4.79 Å². The maximum absolute atomic E-state index is 13.4. The fourth-order valence-corrected chi connectivity index (χ4v) is 4.96. The third-order valence-corrected chi connectivity index (χ3v) is 6.86. The van der Waals surface area contributed by atoms with E-state index in [4.69, 9.17) is 14.2 Å². The van der Waals surface area contributed by atoms with Crippen LogP contribution in [0.5, 0.6) is 11.5 Å². The number of likely N-dealkylation sites (tertiary alicyclic amines) is 1. The van der Waals surface area contributed by atoms with Crippen LogP contribution in [-0.4, -0.2) is 60.1 Å². The smallest absolute Gasteiger partial charge is 0.256 e. The molecule has 1 amide bonds. The van der Waals surface area contributed by atoms with Crippen molar-refractivity contribution in [1.29, 1.82) is 0 Å². The molecule has 188 valence electrons. The number of hydrogen-bond acceptors (Lipinski definition) is 6. The summed E-state index contributed by atoms with van der Waals surface area (Å²) in [6.07, 6.45) is 5.11. The van der Waals surface area contributed by atoms with Gasteiger partial charge in [-0.3, -0.25) is 14.7 Å². The van der Waals surface area contributed by atoms with Crippen molar-refractivity contribution >= 4 is 5.91 Å². The Morgan fingerprint density at radius 3 is 2.67 bits per heavy atom. The Hall–Kier alpha value is -3.42. The predicted octanol–water partition coefficient (Wildman–Crippen LogP) is 4.23. The lowest BCUT2D eigenvalue weighted by Gasteiger charge is -2.32. The van der Waals surface area contributed by atoms with E-state index in [0.717, 1.165) is 55.1 Å². The van der Waals surface area contributed by atoms with Gasteiger partial charge in [-0.2, -0.15) is 0 Å². The molecule has 1 fully saturated rings. The molecular formula is C29H33N3O4. The number of amides is 1. The van der Waals surface area contributed by atoms with E-state index in [1.165, 1.54) is 5.56 Å². The van der Waals surface area contributed by atoms with Crippen molar-refractivity contribution in [1.82, 2.24) is 14.8 Å². The molecule has 7 heteroatoms. The highest BCUT2D eigenvalue weighted by molar-refractivity contribution is 5.82. The number of carbonyl (C=O) groups is 1. The molecule has 2 aromatic carbocycles. The predicted molar refractivity (Wildman–Crippen MR) is 137 cm³/mol. The van der Waals surface area contributed by atoms with Crippen LogP contribution in [0.25, 0.3) is 0 Å². The summed E-state index contributed by atoms with van der Waals surface area (Å²) in [5.41, 5.74) is 3.13.